The van der Waals surface area contributed by atoms with Crippen LogP contribution in [0.3, 0.4) is 0 Å². The van der Waals surface area contributed by atoms with E-state index < -0.39 is 0 Å². The van der Waals surface area contributed by atoms with Crippen molar-refractivity contribution in [2.24, 2.45) is 0 Å². The topological polar surface area (TPSA) is 79.5 Å². The lowest BCUT2D eigenvalue weighted by Gasteiger charge is -2.23. The van der Waals surface area contributed by atoms with Gasteiger partial charge >= 0.3 is 0 Å². The molecule has 1 amide bonds. The van der Waals surface area contributed by atoms with Gasteiger partial charge in [0.25, 0.3) is 11.6 Å². The molecule has 1 unspecified atom stereocenters. The first-order valence-corrected chi connectivity index (χ1v) is 7.73. The molecule has 24 heavy (non-hydrogen) atoms. The molecule has 0 aliphatic carbocycles. The molecule has 6 heteroatoms. The minimum Gasteiger partial charge on any atom is -0.394 e. The van der Waals surface area contributed by atoms with Crippen LogP contribution in [0.2, 0.25) is 0 Å². The van der Waals surface area contributed by atoms with Gasteiger partial charge in [-0.1, -0.05) is 35.5 Å². The lowest BCUT2D eigenvalue weighted by atomic mass is 10.0. The molecular formula is C18H19N3O3. The largest absolute Gasteiger partial charge is 0.394 e. The highest BCUT2D eigenvalue weighted by Gasteiger charge is 2.23. The molecule has 0 spiro atoms. The van der Waals surface area contributed by atoms with E-state index in [-0.39, 0.29) is 18.6 Å². The first kappa shape index (κ1) is 16.1. The molecule has 0 aliphatic rings. The monoisotopic (exact) mass is 325 g/mol. The third kappa shape index (κ3) is 2.76. The number of aromatic nitrogens is 2. The van der Waals surface area contributed by atoms with Crippen LogP contribution in [0.15, 0.2) is 40.9 Å². The molecule has 1 N–H and O–H groups in total. The first-order chi connectivity index (χ1) is 11.5. The molecule has 2 aromatic heterocycles. The number of aryl methyl sites for hydroxylation is 1. The summed E-state index contributed by atoms with van der Waals surface area (Å²) < 4.78 is 5.29. The molecule has 124 valence electrons. The maximum Gasteiger partial charge on any atom is 0.259 e. The van der Waals surface area contributed by atoms with Crippen LogP contribution in [0.4, 0.5) is 0 Å². The number of fused-ring (bicyclic) bond motifs is 1. The summed E-state index contributed by atoms with van der Waals surface area (Å²) in [5.74, 6) is -0.201. The van der Waals surface area contributed by atoms with Crippen LogP contribution in [0.5, 0.6) is 0 Å². The van der Waals surface area contributed by atoms with Gasteiger partial charge in [0.2, 0.25) is 0 Å². The number of amides is 1. The third-order valence-electron chi connectivity index (χ3n) is 4.16. The Balaban J connectivity index is 2.18. The lowest BCUT2D eigenvalue weighted by Crippen LogP contribution is -2.37. The highest BCUT2D eigenvalue weighted by Crippen LogP contribution is 2.28. The van der Waals surface area contributed by atoms with Crippen molar-refractivity contribution >= 4 is 17.0 Å². The van der Waals surface area contributed by atoms with E-state index in [1.54, 1.807) is 27.0 Å². The van der Waals surface area contributed by atoms with Crippen LogP contribution in [0.25, 0.3) is 22.4 Å². The molecule has 1 atom stereocenters. The van der Waals surface area contributed by atoms with Gasteiger partial charge in [-0.05, 0) is 19.9 Å². The Kier molecular flexibility index (Phi) is 4.31. The van der Waals surface area contributed by atoms with Crippen molar-refractivity contribution in [1.82, 2.24) is 15.0 Å². The highest BCUT2D eigenvalue weighted by atomic mass is 16.5. The molecule has 6 nitrogen and oxygen atoms in total. The van der Waals surface area contributed by atoms with E-state index in [4.69, 9.17) is 4.52 Å². The predicted octanol–water partition coefficient (Wildman–Crippen LogP) is 2.65. The molecule has 0 saturated carbocycles. The fourth-order valence-electron chi connectivity index (χ4n) is 2.53. The highest BCUT2D eigenvalue weighted by molar-refractivity contribution is 6.07. The van der Waals surface area contributed by atoms with E-state index in [9.17, 15) is 9.90 Å². The molecule has 0 radical (unpaired) electrons. The Morgan fingerprint density at radius 2 is 2.04 bits per heavy atom. The predicted molar refractivity (Wildman–Crippen MR) is 90.6 cm³/mol. The second-order valence-corrected chi connectivity index (χ2v) is 5.82. The summed E-state index contributed by atoms with van der Waals surface area (Å²) in [7, 11) is 1.67. The Bertz CT molecular complexity index is 874. The van der Waals surface area contributed by atoms with Crippen molar-refractivity contribution in [3.63, 3.8) is 0 Å². The summed E-state index contributed by atoms with van der Waals surface area (Å²) in [6.45, 7) is 3.46. The number of benzene rings is 1. The van der Waals surface area contributed by atoms with E-state index >= 15 is 0 Å². The molecule has 0 aliphatic heterocycles. The van der Waals surface area contributed by atoms with Crippen molar-refractivity contribution in [2.45, 2.75) is 19.9 Å². The Labute approximate surface area is 139 Å². The zero-order valence-electron chi connectivity index (χ0n) is 13.9. The van der Waals surface area contributed by atoms with E-state index in [1.807, 2.05) is 30.3 Å². The summed E-state index contributed by atoms with van der Waals surface area (Å²) in [4.78, 5) is 18.9. The molecule has 3 rings (SSSR count). The number of nitrogens with zero attached hydrogens (tertiary/aromatic N) is 3. The molecule has 3 aromatic rings. The summed E-state index contributed by atoms with van der Waals surface area (Å²) in [6.07, 6.45) is 0. The van der Waals surface area contributed by atoms with Gasteiger partial charge in [-0.15, -0.1) is 0 Å². The summed E-state index contributed by atoms with van der Waals surface area (Å²) >= 11 is 0. The van der Waals surface area contributed by atoms with Crippen LogP contribution in [0, 0.1) is 6.92 Å². The zero-order chi connectivity index (χ0) is 17.3. The van der Waals surface area contributed by atoms with E-state index in [0.717, 1.165) is 5.56 Å². The van der Waals surface area contributed by atoms with Crippen LogP contribution in [-0.4, -0.2) is 45.8 Å². The fraction of sp³-hybridized carbons (Fsp3) is 0.278. The standard InChI is InChI=1S/C18H19N3O3/c1-11(10-22)21(3)18(23)14-9-15(13-7-5-4-6-8-13)19-17-16(14)12(2)20-24-17/h4-9,11,22H,10H2,1-3H3. The van der Waals surface area contributed by atoms with Crippen LogP contribution < -0.4 is 0 Å². The van der Waals surface area contributed by atoms with Gasteiger partial charge in [-0.3, -0.25) is 4.79 Å². The number of rotatable bonds is 4. The minimum absolute atomic E-state index is 0.107. The van der Waals surface area contributed by atoms with Crippen molar-refractivity contribution in [1.29, 1.82) is 0 Å². The molecule has 0 bridgehead atoms. The zero-order valence-corrected chi connectivity index (χ0v) is 13.9. The van der Waals surface area contributed by atoms with E-state index in [1.165, 1.54) is 4.90 Å². The fourth-order valence-corrected chi connectivity index (χ4v) is 2.53. The Hall–Kier alpha value is -2.73. The van der Waals surface area contributed by atoms with Crippen LogP contribution in [0.1, 0.15) is 23.0 Å². The number of carbonyl (C=O) groups excluding carboxylic acids is 1. The number of pyridine rings is 1. The molecule has 1 aromatic carbocycles. The SMILES string of the molecule is Cc1noc2nc(-c3ccccc3)cc(C(=O)N(C)C(C)CO)c12. The summed E-state index contributed by atoms with van der Waals surface area (Å²) in [5.41, 5.74) is 2.96. The normalized spacial score (nSPS) is 12.3. The van der Waals surface area contributed by atoms with Gasteiger partial charge in [0.1, 0.15) is 0 Å². The smallest absolute Gasteiger partial charge is 0.259 e. The first-order valence-electron chi connectivity index (χ1n) is 7.73. The van der Waals surface area contributed by atoms with Crippen molar-refractivity contribution in [2.75, 3.05) is 13.7 Å². The lowest BCUT2D eigenvalue weighted by molar-refractivity contribution is 0.0684. The summed E-state index contributed by atoms with van der Waals surface area (Å²) in [5, 5.41) is 13.9. The number of carbonyl (C=O) groups is 1. The van der Waals surface area contributed by atoms with E-state index in [2.05, 4.69) is 10.1 Å². The maximum atomic E-state index is 12.9. The second kappa shape index (κ2) is 6.41. The Morgan fingerprint density at radius 1 is 1.33 bits per heavy atom. The number of hydrogen-bond donors (Lipinski definition) is 1. The van der Waals surface area contributed by atoms with Gasteiger partial charge in [-0.25, -0.2) is 4.98 Å². The molecule has 0 saturated heterocycles. The molecular weight excluding hydrogens is 306 g/mol. The van der Waals surface area contributed by atoms with Crippen molar-refractivity contribution in [3.8, 4) is 11.3 Å². The minimum atomic E-state index is -0.291. The van der Waals surface area contributed by atoms with Crippen LogP contribution in [-0.2, 0) is 0 Å². The number of hydrogen-bond acceptors (Lipinski definition) is 5. The van der Waals surface area contributed by atoms with Gasteiger partial charge in [0.15, 0.2) is 0 Å². The summed E-state index contributed by atoms with van der Waals surface area (Å²) in [6, 6.07) is 11.1. The van der Waals surface area contributed by atoms with Gasteiger partial charge < -0.3 is 14.5 Å². The van der Waals surface area contributed by atoms with Crippen molar-refractivity contribution in [3.05, 3.63) is 47.7 Å². The Morgan fingerprint density at radius 3 is 2.71 bits per heavy atom. The molecule has 0 fully saturated rings. The average Bonchev–Trinajstić information content (AvgIpc) is 3.01. The number of likely N-dealkylation sites (N-methyl/N-ethyl adjacent to an activating group) is 1. The number of aliphatic hydroxyl groups excluding tert-OH is 1. The quantitative estimate of drug-likeness (QED) is 0.798. The van der Waals surface area contributed by atoms with Crippen molar-refractivity contribution < 1.29 is 14.4 Å². The second-order valence-electron chi connectivity index (χ2n) is 5.82. The van der Waals surface area contributed by atoms with Gasteiger partial charge in [0.05, 0.1) is 35.0 Å². The average molecular weight is 325 g/mol. The maximum absolute atomic E-state index is 12.9. The third-order valence-corrected chi connectivity index (χ3v) is 4.16. The number of aliphatic hydroxyl groups is 1. The van der Waals surface area contributed by atoms with Gasteiger partial charge in [0, 0.05) is 12.6 Å². The van der Waals surface area contributed by atoms with Crippen LogP contribution >= 0.6 is 0 Å². The van der Waals surface area contributed by atoms with Gasteiger partial charge in [-0.2, -0.15) is 0 Å². The molecule has 2 heterocycles. The van der Waals surface area contributed by atoms with E-state index in [0.29, 0.717) is 28.1 Å².